The molecule has 0 aliphatic rings. The summed E-state index contributed by atoms with van der Waals surface area (Å²) in [6.45, 7) is 4.59. The van der Waals surface area contributed by atoms with Crippen molar-refractivity contribution >= 4 is 0 Å². The van der Waals surface area contributed by atoms with E-state index in [1.165, 1.54) is 101 Å². The molecule has 0 nitrogen and oxygen atoms in total. The lowest BCUT2D eigenvalue weighted by atomic mass is 9.95. The first-order chi connectivity index (χ1) is 14.3. The van der Waals surface area contributed by atoms with Crippen molar-refractivity contribution in [2.75, 3.05) is 0 Å². The summed E-state index contributed by atoms with van der Waals surface area (Å²) >= 11 is 0. The van der Waals surface area contributed by atoms with Crippen molar-refractivity contribution in [2.45, 2.75) is 110 Å². The van der Waals surface area contributed by atoms with Gasteiger partial charge in [-0.2, -0.15) is 0 Å². The molecule has 29 heavy (non-hydrogen) atoms. The average molecular weight is 393 g/mol. The molecule has 2 aromatic rings. The first kappa shape index (κ1) is 23.7. The molecule has 0 bridgehead atoms. The highest BCUT2D eigenvalue weighted by atomic mass is 14.1. The third-order valence-electron chi connectivity index (χ3n) is 6.00. The molecule has 0 aliphatic carbocycles. The van der Waals surface area contributed by atoms with Gasteiger partial charge in [0.05, 0.1) is 0 Å². The molecule has 0 N–H and O–H groups in total. The highest BCUT2D eigenvalue weighted by Gasteiger charge is 2.04. The first-order valence-electron chi connectivity index (χ1n) is 12.5. The van der Waals surface area contributed by atoms with Gasteiger partial charge in [-0.1, -0.05) is 127 Å². The molecule has 0 unspecified atom stereocenters. The van der Waals surface area contributed by atoms with E-state index in [4.69, 9.17) is 0 Å². The third-order valence-corrected chi connectivity index (χ3v) is 6.00. The van der Waals surface area contributed by atoms with E-state index in [0.29, 0.717) is 0 Å². The standard InChI is InChI=1S/C29H44/c1-3-5-7-9-11-14-20-27-23-28(21-15-12-10-8-6-4-2)25-29(24-27)22-26-18-16-13-17-19-26/h13,16-19,23-25H,3-12,14-15,20-22H2,1-2H3. The number of hydrogen-bond donors (Lipinski definition) is 0. The van der Waals surface area contributed by atoms with E-state index < -0.39 is 0 Å². The Morgan fingerprint density at radius 2 is 0.897 bits per heavy atom. The van der Waals surface area contributed by atoms with Gasteiger partial charge in [-0.15, -0.1) is 0 Å². The second-order valence-electron chi connectivity index (χ2n) is 8.86. The summed E-state index contributed by atoms with van der Waals surface area (Å²) < 4.78 is 0. The molecule has 0 amide bonds. The van der Waals surface area contributed by atoms with E-state index in [1.807, 2.05) is 0 Å². The van der Waals surface area contributed by atoms with Crippen molar-refractivity contribution in [1.29, 1.82) is 0 Å². The van der Waals surface area contributed by atoms with Gasteiger partial charge in [0, 0.05) is 0 Å². The summed E-state index contributed by atoms with van der Waals surface area (Å²) in [5.41, 5.74) is 6.06. The van der Waals surface area contributed by atoms with Crippen LogP contribution < -0.4 is 0 Å². The molecule has 0 saturated heterocycles. The highest BCUT2D eigenvalue weighted by molar-refractivity contribution is 5.34. The Balaban J connectivity index is 1.91. The smallest absolute Gasteiger partial charge is 0.00256 e. The van der Waals surface area contributed by atoms with E-state index in [2.05, 4.69) is 62.4 Å². The second-order valence-corrected chi connectivity index (χ2v) is 8.86. The second kappa shape index (κ2) is 15.3. The van der Waals surface area contributed by atoms with Crippen LogP contribution in [-0.2, 0) is 19.3 Å². The maximum atomic E-state index is 2.51. The van der Waals surface area contributed by atoms with E-state index in [9.17, 15) is 0 Å². The summed E-state index contributed by atoms with van der Waals surface area (Å²) in [5, 5.41) is 0. The van der Waals surface area contributed by atoms with Gasteiger partial charge in [-0.3, -0.25) is 0 Å². The van der Waals surface area contributed by atoms with E-state index in [0.717, 1.165) is 6.42 Å². The summed E-state index contributed by atoms with van der Waals surface area (Å²) in [5.74, 6) is 0. The molecule has 160 valence electrons. The van der Waals surface area contributed by atoms with E-state index >= 15 is 0 Å². The quantitative estimate of drug-likeness (QED) is 0.250. The van der Waals surface area contributed by atoms with Crippen LogP contribution in [-0.4, -0.2) is 0 Å². The Morgan fingerprint density at radius 3 is 1.41 bits per heavy atom. The molecular formula is C29H44. The minimum Gasteiger partial charge on any atom is -0.0654 e. The largest absolute Gasteiger partial charge is 0.0654 e. The van der Waals surface area contributed by atoms with Gasteiger partial charge < -0.3 is 0 Å². The van der Waals surface area contributed by atoms with Crippen LogP contribution in [0.15, 0.2) is 48.5 Å². The highest BCUT2D eigenvalue weighted by Crippen LogP contribution is 2.19. The monoisotopic (exact) mass is 392 g/mol. The zero-order valence-electron chi connectivity index (χ0n) is 19.2. The van der Waals surface area contributed by atoms with Gasteiger partial charge in [0.1, 0.15) is 0 Å². The molecule has 0 aliphatic heterocycles. The van der Waals surface area contributed by atoms with Crippen molar-refractivity contribution in [3.63, 3.8) is 0 Å². The third kappa shape index (κ3) is 10.7. The first-order valence-corrected chi connectivity index (χ1v) is 12.5. The molecule has 0 heterocycles. The SMILES string of the molecule is CCCCCCCCc1cc(CCCCCCCC)cc(Cc2ccccc2)c1. The maximum Gasteiger partial charge on any atom is -0.00256 e. The van der Waals surface area contributed by atoms with Crippen molar-refractivity contribution < 1.29 is 0 Å². The van der Waals surface area contributed by atoms with Crippen LogP contribution in [0.4, 0.5) is 0 Å². The molecule has 2 rings (SSSR count). The Bertz CT molecular complexity index is 606. The number of hydrogen-bond acceptors (Lipinski definition) is 0. The van der Waals surface area contributed by atoms with Crippen molar-refractivity contribution in [2.24, 2.45) is 0 Å². The normalized spacial score (nSPS) is 11.1. The topological polar surface area (TPSA) is 0 Å². The lowest BCUT2D eigenvalue weighted by Gasteiger charge is -2.11. The fourth-order valence-electron chi connectivity index (χ4n) is 4.28. The Morgan fingerprint density at radius 1 is 0.448 bits per heavy atom. The van der Waals surface area contributed by atoms with Crippen LogP contribution in [0.1, 0.15) is 113 Å². The van der Waals surface area contributed by atoms with Gasteiger partial charge >= 0.3 is 0 Å². The molecule has 0 fully saturated rings. The fourth-order valence-corrected chi connectivity index (χ4v) is 4.28. The zero-order chi connectivity index (χ0) is 20.6. The van der Waals surface area contributed by atoms with Crippen LogP contribution in [0.25, 0.3) is 0 Å². The number of unbranched alkanes of at least 4 members (excludes halogenated alkanes) is 10. The Hall–Kier alpha value is -1.56. The molecule has 0 saturated carbocycles. The molecule has 0 heteroatoms. The molecule has 0 spiro atoms. The molecular weight excluding hydrogens is 348 g/mol. The predicted octanol–water partition coefficient (Wildman–Crippen LogP) is 9.08. The Kier molecular flexibility index (Phi) is 12.5. The van der Waals surface area contributed by atoms with E-state index in [-0.39, 0.29) is 0 Å². The molecule has 0 radical (unpaired) electrons. The van der Waals surface area contributed by atoms with Crippen molar-refractivity contribution in [3.8, 4) is 0 Å². The predicted molar refractivity (Wildman–Crippen MR) is 130 cm³/mol. The van der Waals surface area contributed by atoms with Gasteiger partial charge in [0.2, 0.25) is 0 Å². The van der Waals surface area contributed by atoms with Gasteiger partial charge in [-0.25, -0.2) is 0 Å². The molecule has 0 atom stereocenters. The van der Waals surface area contributed by atoms with Crippen LogP contribution in [0.2, 0.25) is 0 Å². The van der Waals surface area contributed by atoms with Gasteiger partial charge in [0.15, 0.2) is 0 Å². The number of benzene rings is 2. The number of rotatable bonds is 16. The summed E-state index contributed by atoms with van der Waals surface area (Å²) in [7, 11) is 0. The average Bonchev–Trinajstić information content (AvgIpc) is 2.74. The summed E-state index contributed by atoms with van der Waals surface area (Å²) in [4.78, 5) is 0. The summed E-state index contributed by atoms with van der Waals surface area (Å²) in [6, 6.07) is 18.4. The fraction of sp³-hybridized carbons (Fsp3) is 0.586. The van der Waals surface area contributed by atoms with Gasteiger partial charge in [-0.05, 0) is 54.4 Å². The van der Waals surface area contributed by atoms with Crippen LogP contribution in [0.3, 0.4) is 0 Å². The van der Waals surface area contributed by atoms with Crippen LogP contribution in [0, 0.1) is 0 Å². The number of aryl methyl sites for hydroxylation is 2. The lowest BCUT2D eigenvalue weighted by molar-refractivity contribution is 0.604. The minimum atomic E-state index is 1.06. The van der Waals surface area contributed by atoms with Crippen LogP contribution in [0.5, 0.6) is 0 Å². The van der Waals surface area contributed by atoms with Crippen LogP contribution >= 0.6 is 0 Å². The Labute approximate surface area is 181 Å². The summed E-state index contributed by atoms with van der Waals surface area (Å²) in [6.07, 6.45) is 20.1. The molecule has 0 aromatic heterocycles. The molecule has 2 aromatic carbocycles. The zero-order valence-corrected chi connectivity index (χ0v) is 19.2. The lowest BCUT2D eigenvalue weighted by Crippen LogP contribution is -1.96. The van der Waals surface area contributed by atoms with Crippen molar-refractivity contribution in [3.05, 3.63) is 70.8 Å². The minimum absolute atomic E-state index is 1.06. The van der Waals surface area contributed by atoms with Gasteiger partial charge in [0.25, 0.3) is 0 Å². The maximum absolute atomic E-state index is 2.51. The van der Waals surface area contributed by atoms with Crippen molar-refractivity contribution in [1.82, 2.24) is 0 Å². The van der Waals surface area contributed by atoms with E-state index in [1.54, 1.807) is 11.1 Å².